The molecule has 6 nitrogen and oxygen atoms in total. The molecule has 0 fully saturated rings. The number of esters is 2. The van der Waals surface area contributed by atoms with Gasteiger partial charge in [0.15, 0.2) is 0 Å². The third kappa shape index (κ3) is 4.53. The van der Waals surface area contributed by atoms with E-state index in [1.54, 1.807) is 6.08 Å². The molecule has 0 radical (unpaired) electrons. The molecule has 0 bridgehead atoms. The normalized spacial score (nSPS) is 24.8. The largest absolute Gasteiger partial charge is 0.481 e. The Balaban J connectivity index is 2.48. The van der Waals surface area contributed by atoms with Crippen molar-refractivity contribution in [2.75, 3.05) is 13.2 Å². The van der Waals surface area contributed by atoms with Crippen LogP contribution in [0.5, 0.6) is 0 Å². The van der Waals surface area contributed by atoms with E-state index in [2.05, 4.69) is 11.3 Å². The number of hydrogen-bond donors (Lipinski definition) is 1. The lowest BCUT2D eigenvalue weighted by molar-refractivity contribution is -0.158. The molecule has 3 atom stereocenters. The van der Waals surface area contributed by atoms with Gasteiger partial charge in [-0.25, -0.2) is 4.79 Å². The van der Waals surface area contributed by atoms with E-state index < -0.39 is 29.7 Å². The second-order valence-electron chi connectivity index (χ2n) is 4.61. The minimum absolute atomic E-state index is 0.0822. The van der Waals surface area contributed by atoms with Gasteiger partial charge in [0, 0.05) is 6.08 Å². The second-order valence-corrected chi connectivity index (χ2v) is 4.61. The Morgan fingerprint density at radius 2 is 1.95 bits per heavy atom. The fourth-order valence-corrected chi connectivity index (χ4v) is 2.01. The maximum Gasteiger partial charge on any atom is 0.330 e. The summed E-state index contributed by atoms with van der Waals surface area (Å²) >= 11 is 0. The average molecular weight is 282 g/mol. The monoisotopic (exact) mass is 282 g/mol. The first-order valence-corrected chi connectivity index (χ1v) is 6.32. The summed E-state index contributed by atoms with van der Waals surface area (Å²) < 4.78 is 9.58. The minimum atomic E-state index is -1.01. The second kappa shape index (κ2) is 7.47. The Morgan fingerprint density at radius 3 is 2.55 bits per heavy atom. The topological polar surface area (TPSA) is 89.9 Å². The van der Waals surface area contributed by atoms with E-state index in [1.165, 1.54) is 0 Å². The highest BCUT2D eigenvalue weighted by molar-refractivity contribution is 5.83. The smallest absolute Gasteiger partial charge is 0.330 e. The van der Waals surface area contributed by atoms with E-state index in [0.29, 0.717) is 6.42 Å². The van der Waals surface area contributed by atoms with Crippen molar-refractivity contribution in [3.05, 3.63) is 24.8 Å². The summed E-state index contributed by atoms with van der Waals surface area (Å²) in [7, 11) is 0. The molecule has 0 saturated heterocycles. The number of carbonyl (C=O) groups is 3. The Kier molecular flexibility index (Phi) is 5.96. The van der Waals surface area contributed by atoms with Gasteiger partial charge in [-0.05, 0) is 12.3 Å². The van der Waals surface area contributed by atoms with Crippen LogP contribution in [0, 0.1) is 17.8 Å². The van der Waals surface area contributed by atoms with Gasteiger partial charge in [0.25, 0.3) is 0 Å². The van der Waals surface area contributed by atoms with Gasteiger partial charge in [0.1, 0.15) is 13.2 Å². The molecule has 0 aromatic carbocycles. The summed E-state index contributed by atoms with van der Waals surface area (Å²) in [6.07, 6.45) is 4.79. The fourth-order valence-electron chi connectivity index (χ4n) is 2.01. The molecule has 0 saturated carbocycles. The van der Waals surface area contributed by atoms with Crippen LogP contribution in [0.25, 0.3) is 0 Å². The number of carboxylic acid groups (broad SMARTS) is 1. The predicted octanol–water partition coefficient (Wildman–Crippen LogP) is 1.17. The standard InChI is InChI=1S/C14H18O6/c1-3-12(15)19-6-7-20-14(18)10-5-4-9(2)8-11(10)13(16)17/h3-5,9-11H,1,6-8H2,2H3,(H,16,17). The summed E-state index contributed by atoms with van der Waals surface area (Å²) in [6, 6.07) is 0. The van der Waals surface area contributed by atoms with Crippen molar-refractivity contribution in [3.8, 4) is 0 Å². The molecule has 0 aliphatic heterocycles. The first-order valence-electron chi connectivity index (χ1n) is 6.32. The number of allylic oxidation sites excluding steroid dienone is 1. The quantitative estimate of drug-likeness (QED) is 0.340. The Bertz CT molecular complexity index is 425. The summed E-state index contributed by atoms with van der Waals surface area (Å²) in [5.74, 6) is -3.68. The van der Waals surface area contributed by atoms with E-state index in [9.17, 15) is 14.4 Å². The SMILES string of the molecule is C=CC(=O)OCCOC(=O)C1C=CC(C)CC1C(=O)O. The van der Waals surface area contributed by atoms with Crippen molar-refractivity contribution in [1.82, 2.24) is 0 Å². The molecule has 0 heterocycles. The number of ether oxygens (including phenoxy) is 2. The number of carbonyl (C=O) groups excluding carboxylic acids is 2. The lowest BCUT2D eigenvalue weighted by Crippen LogP contribution is -2.34. The maximum absolute atomic E-state index is 11.8. The Hall–Kier alpha value is -2.11. The zero-order chi connectivity index (χ0) is 15.1. The molecule has 1 rings (SSSR count). The highest BCUT2D eigenvalue weighted by Crippen LogP contribution is 2.29. The van der Waals surface area contributed by atoms with Crippen molar-refractivity contribution in [3.63, 3.8) is 0 Å². The number of rotatable bonds is 6. The molecule has 0 amide bonds. The third-order valence-corrected chi connectivity index (χ3v) is 3.03. The van der Waals surface area contributed by atoms with Gasteiger partial charge >= 0.3 is 17.9 Å². The van der Waals surface area contributed by atoms with Crippen LogP contribution in [-0.4, -0.2) is 36.2 Å². The van der Waals surface area contributed by atoms with Crippen molar-refractivity contribution < 1.29 is 29.0 Å². The lowest BCUT2D eigenvalue weighted by atomic mass is 9.79. The van der Waals surface area contributed by atoms with E-state index in [0.717, 1.165) is 6.08 Å². The van der Waals surface area contributed by atoms with Gasteiger partial charge in [0.2, 0.25) is 0 Å². The van der Waals surface area contributed by atoms with Crippen LogP contribution in [-0.2, 0) is 23.9 Å². The molecule has 1 aliphatic rings. The van der Waals surface area contributed by atoms with Crippen LogP contribution < -0.4 is 0 Å². The molecule has 0 aromatic heterocycles. The van der Waals surface area contributed by atoms with Gasteiger partial charge in [-0.2, -0.15) is 0 Å². The van der Waals surface area contributed by atoms with E-state index >= 15 is 0 Å². The number of hydrogen-bond acceptors (Lipinski definition) is 5. The van der Waals surface area contributed by atoms with Crippen molar-refractivity contribution in [2.45, 2.75) is 13.3 Å². The van der Waals surface area contributed by atoms with Gasteiger partial charge in [-0.1, -0.05) is 25.7 Å². The van der Waals surface area contributed by atoms with Gasteiger partial charge in [-0.3, -0.25) is 9.59 Å². The molecule has 6 heteroatoms. The molecule has 1 N–H and O–H groups in total. The van der Waals surface area contributed by atoms with Crippen LogP contribution in [0.2, 0.25) is 0 Å². The van der Waals surface area contributed by atoms with Gasteiger partial charge in [0.05, 0.1) is 11.8 Å². The van der Waals surface area contributed by atoms with Crippen LogP contribution in [0.15, 0.2) is 24.8 Å². The van der Waals surface area contributed by atoms with Gasteiger partial charge < -0.3 is 14.6 Å². The Labute approximate surface area is 117 Å². The van der Waals surface area contributed by atoms with E-state index in [-0.39, 0.29) is 19.1 Å². The van der Waals surface area contributed by atoms with Crippen LogP contribution >= 0.6 is 0 Å². The summed E-state index contributed by atoms with van der Waals surface area (Å²) in [5.41, 5.74) is 0. The Morgan fingerprint density at radius 1 is 1.30 bits per heavy atom. The first-order chi connectivity index (χ1) is 9.45. The van der Waals surface area contributed by atoms with Crippen LogP contribution in [0.1, 0.15) is 13.3 Å². The fraction of sp³-hybridized carbons (Fsp3) is 0.500. The molecule has 0 spiro atoms. The lowest BCUT2D eigenvalue weighted by Gasteiger charge is -2.25. The molecule has 110 valence electrons. The predicted molar refractivity (Wildman–Crippen MR) is 69.7 cm³/mol. The van der Waals surface area contributed by atoms with Gasteiger partial charge in [-0.15, -0.1) is 0 Å². The van der Waals surface area contributed by atoms with Crippen molar-refractivity contribution in [1.29, 1.82) is 0 Å². The first kappa shape index (κ1) is 15.9. The molecule has 3 unspecified atom stereocenters. The average Bonchev–Trinajstić information content (AvgIpc) is 2.42. The minimum Gasteiger partial charge on any atom is -0.481 e. The zero-order valence-corrected chi connectivity index (χ0v) is 11.3. The molecular weight excluding hydrogens is 264 g/mol. The molecule has 20 heavy (non-hydrogen) atoms. The number of carboxylic acids is 1. The summed E-state index contributed by atoms with van der Waals surface area (Å²) in [5, 5.41) is 9.13. The molecule has 1 aliphatic carbocycles. The third-order valence-electron chi connectivity index (χ3n) is 3.03. The maximum atomic E-state index is 11.8. The van der Waals surface area contributed by atoms with E-state index in [1.807, 2.05) is 13.0 Å². The molecule has 0 aromatic rings. The highest BCUT2D eigenvalue weighted by atomic mass is 16.6. The summed E-state index contributed by atoms with van der Waals surface area (Å²) in [4.78, 5) is 33.8. The van der Waals surface area contributed by atoms with Crippen molar-refractivity contribution >= 4 is 17.9 Å². The zero-order valence-electron chi connectivity index (χ0n) is 11.3. The van der Waals surface area contributed by atoms with Crippen molar-refractivity contribution in [2.24, 2.45) is 17.8 Å². The van der Waals surface area contributed by atoms with Crippen LogP contribution in [0.3, 0.4) is 0 Å². The highest BCUT2D eigenvalue weighted by Gasteiger charge is 2.36. The molecular formula is C14H18O6. The number of aliphatic carboxylic acids is 1. The summed E-state index contributed by atoms with van der Waals surface area (Å²) in [6.45, 7) is 4.93. The van der Waals surface area contributed by atoms with Crippen LogP contribution in [0.4, 0.5) is 0 Å². The van der Waals surface area contributed by atoms with E-state index in [4.69, 9.17) is 9.84 Å².